The smallest absolute Gasteiger partial charge is 0.375 e. The molecule has 0 aromatic heterocycles. The minimum atomic E-state index is -3.73. The van der Waals surface area contributed by atoms with E-state index >= 15 is 0 Å². The molecule has 0 amide bonds. The maximum absolute atomic E-state index is 11.1. The van der Waals surface area contributed by atoms with Crippen molar-refractivity contribution in [2.45, 2.75) is 12.5 Å². The molecule has 1 aromatic carbocycles. The molecule has 106 valence electrons. The van der Waals surface area contributed by atoms with E-state index in [-0.39, 0.29) is 5.75 Å². The molecule has 19 heavy (non-hydrogen) atoms. The van der Waals surface area contributed by atoms with Crippen molar-refractivity contribution in [1.82, 2.24) is 4.90 Å². The van der Waals surface area contributed by atoms with Crippen molar-refractivity contribution in [2.75, 3.05) is 14.1 Å². The predicted molar refractivity (Wildman–Crippen MR) is 74.6 cm³/mol. The molecule has 0 saturated heterocycles. The normalized spacial score (nSPS) is 13.3. The maximum Gasteiger partial charge on any atom is 0.375 e. The van der Waals surface area contributed by atoms with Crippen LogP contribution in [0.15, 0.2) is 24.3 Å². The van der Waals surface area contributed by atoms with Crippen LogP contribution in [0.25, 0.3) is 0 Å². The zero-order chi connectivity index (χ0) is 14.6. The second-order valence-electron chi connectivity index (χ2n) is 4.25. The molecule has 1 atom stereocenters. The Morgan fingerprint density at radius 1 is 1.37 bits per heavy atom. The Balaban J connectivity index is 2.76. The van der Waals surface area contributed by atoms with Crippen molar-refractivity contribution in [2.24, 2.45) is 0 Å². The third kappa shape index (κ3) is 5.67. The predicted octanol–water partition coefficient (Wildman–Crippen LogP) is 0.832. The molecule has 8 heteroatoms. The summed E-state index contributed by atoms with van der Waals surface area (Å²) >= 11 is 4.35. The summed E-state index contributed by atoms with van der Waals surface area (Å²) in [5.41, 5.74) is 0.803. The topological polar surface area (TPSA) is 90.2 Å². The highest BCUT2D eigenvalue weighted by molar-refractivity contribution is 8.06. The number of likely N-dealkylation sites (N-methyl/N-ethyl adjacent to an activating group) is 1. The zero-order valence-electron chi connectivity index (χ0n) is 10.6. The molecule has 6 nitrogen and oxygen atoms in total. The fourth-order valence-electron chi connectivity index (χ4n) is 1.54. The van der Waals surface area contributed by atoms with Gasteiger partial charge in [0.1, 0.15) is 11.8 Å². The fraction of sp³-hybridized carbons (Fsp3) is 0.364. The first-order valence-corrected chi connectivity index (χ1v) is 8.05. The average molecular weight is 305 g/mol. The van der Waals surface area contributed by atoms with Crippen molar-refractivity contribution in [3.8, 4) is 5.75 Å². The minimum absolute atomic E-state index is 0.244. The number of carboxylic acids is 1. The second kappa shape index (κ2) is 6.45. The average Bonchev–Trinajstić information content (AvgIpc) is 2.25. The summed E-state index contributed by atoms with van der Waals surface area (Å²) in [4.78, 5) is 30.7. The Labute approximate surface area is 116 Å². The van der Waals surface area contributed by atoms with E-state index in [9.17, 15) is 4.79 Å². The van der Waals surface area contributed by atoms with Crippen LogP contribution < -0.4 is 4.52 Å². The fourth-order valence-corrected chi connectivity index (χ4v) is 2.19. The van der Waals surface area contributed by atoms with Gasteiger partial charge in [-0.05, 0) is 38.2 Å². The van der Waals surface area contributed by atoms with Gasteiger partial charge in [-0.25, -0.2) is 0 Å². The van der Waals surface area contributed by atoms with E-state index in [1.807, 2.05) is 0 Å². The highest BCUT2D eigenvalue weighted by atomic mass is 32.5. The summed E-state index contributed by atoms with van der Waals surface area (Å²) in [6.45, 7) is -3.73. The lowest BCUT2D eigenvalue weighted by molar-refractivity contribution is -0.142. The molecule has 0 saturated carbocycles. The van der Waals surface area contributed by atoms with Gasteiger partial charge in [0.25, 0.3) is 0 Å². The first-order valence-electron chi connectivity index (χ1n) is 5.42. The molecule has 1 unspecified atom stereocenters. The largest absolute Gasteiger partial charge is 0.480 e. The lowest BCUT2D eigenvalue weighted by Gasteiger charge is -2.20. The van der Waals surface area contributed by atoms with Gasteiger partial charge in [-0.15, -0.1) is 0 Å². The SMILES string of the molecule is CN(C)C(Cc1ccc(OP(O)(O)=S)cc1)C(=O)O. The number of carboxylic acid groups (broad SMARTS) is 1. The number of nitrogens with zero attached hydrogens (tertiary/aromatic N) is 1. The number of carbonyl (C=O) groups is 1. The molecule has 0 aliphatic carbocycles. The summed E-state index contributed by atoms with van der Waals surface area (Å²) in [6.07, 6.45) is 0.342. The number of aliphatic carboxylic acids is 1. The van der Waals surface area contributed by atoms with E-state index in [2.05, 4.69) is 11.8 Å². The standard InChI is InChI=1S/C11H16NO5PS/c1-12(2)10(11(13)14)7-8-3-5-9(6-4-8)17-18(15,16)19/h3-6,10H,7H2,1-2H3,(H,13,14)(H2,15,16,19). The Morgan fingerprint density at radius 3 is 2.26 bits per heavy atom. The van der Waals surface area contributed by atoms with Crippen LogP contribution >= 0.6 is 6.72 Å². The van der Waals surface area contributed by atoms with Gasteiger partial charge in [0.2, 0.25) is 0 Å². The third-order valence-electron chi connectivity index (χ3n) is 2.49. The van der Waals surface area contributed by atoms with Crippen molar-refractivity contribution in [3.05, 3.63) is 29.8 Å². The van der Waals surface area contributed by atoms with Crippen LogP contribution in [-0.4, -0.2) is 45.9 Å². The molecule has 0 fully saturated rings. The molecule has 0 heterocycles. The molecular formula is C11H16NO5PS. The summed E-state index contributed by atoms with van der Waals surface area (Å²) in [5.74, 6) is -0.652. The Kier molecular flexibility index (Phi) is 5.46. The summed E-state index contributed by atoms with van der Waals surface area (Å²) in [5, 5.41) is 9.07. The quantitative estimate of drug-likeness (QED) is 0.671. The van der Waals surface area contributed by atoms with Gasteiger partial charge in [0.15, 0.2) is 0 Å². The highest BCUT2D eigenvalue weighted by Gasteiger charge is 2.20. The first kappa shape index (κ1) is 16.1. The number of benzene rings is 1. The van der Waals surface area contributed by atoms with Gasteiger partial charge in [-0.1, -0.05) is 12.1 Å². The van der Waals surface area contributed by atoms with Gasteiger partial charge in [0.05, 0.1) is 0 Å². The van der Waals surface area contributed by atoms with Crippen LogP contribution in [0.1, 0.15) is 5.56 Å². The monoisotopic (exact) mass is 305 g/mol. The molecule has 0 aliphatic rings. The molecule has 0 aliphatic heterocycles. The zero-order valence-corrected chi connectivity index (χ0v) is 12.3. The molecule has 3 N–H and O–H groups in total. The van der Waals surface area contributed by atoms with Gasteiger partial charge in [0, 0.05) is 11.8 Å². The molecule has 1 aromatic rings. The highest BCUT2D eigenvalue weighted by Crippen LogP contribution is 2.37. The van der Waals surface area contributed by atoms with E-state index in [1.165, 1.54) is 12.1 Å². The van der Waals surface area contributed by atoms with Crippen LogP contribution in [0.2, 0.25) is 0 Å². The first-order chi connectivity index (χ1) is 8.69. The van der Waals surface area contributed by atoms with Crippen molar-refractivity contribution >= 4 is 24.5 Å². The Bertz CT molecular complexity index is 484. The Hall–Kier alpha value is -0.980. The molecule has 0 radical (unpaired) electrons. The van der Waals surface area contributed by atoms with Gasteiger partial charge in [-0.3, -0.25) is 9.69 Å². The van der Waals surface area contributed by atoms with E-state index in [4.69, 9.17) is 19.4 Å². The summed E-state index contributed by atoms with van der Waals surface area (Å²) < 4.78 is 4.77. The second-order valence-corrected chi connectivity index (χ2v) is 6.84. The van der Waals surface area contributed by atoms with E-state index < -0.39 is 18.7 Å². The maximum atomic E-state index is 11.1. The Morgan fingerprint density at radius 2 is 1.89 bits per heavy atom. The summed E-state index contributed by atoms with van der Waals surface area (Å²) in [6, 6.07) is 5.77. The van der Waals surface area contributed by atoms with E-state index in [1.54, 1.807) is 31.1 Å². The van der Waals surface area contributed by atoms with Crippen molar-refractivity contribution in [3.63, 3.8) is 0 Å². The van der Waals surface area contributed by atoms with Crippen molar-refractivity contribution in [1.29, 1.82) is 0 Å². The van der Waals surface area contributed by atoms with Crippen LogP contribution in [-0.2, 0) is 23.0 Å². The lowest BCUT2D eigenvalue weighted by Crippen LogP contribution is -2.37. The molecular weight excluding hydrogens is 289 g/mol. The third-order valence-corrected chi connectivity index (χ3v) is 3.16. The molecule has 0 bridgehead atoms. The van der Waals surface area contributed by atoms with E-state index in [0.29, 0.717) is 6.42 Å². The van der Waals surface area contributed by atoms with Gasteiger partial charge >= 0.3 is 12.7 Å². The number of hydrogen-bond acceptors (Lipinski definition) is 4. The molecule has 0 spiro atoms. The van der Waals surface area contributed by atoms with Crippen LogP contribution in [0, 0.1) is 0 Å². The lowest BCUT2D eigenvalue weighted by atomic mass is 10.1. The van der Waals surface area contributed by atoms with Crippen LogP contribution in [0.5, 0.6) is 5.75 Å². The van der Waals surface area contributed by atoms with Gasteiger partial charge < -0.3 is 19.4 Å². The summed E-state index contributed by atoms with van der Waals surface area (Å²) in [7, 11) is 3.40. The van der Waals surface area contributed by atoms with Crippen LogP contribution in [0.4, 0.5) is 0 Å². The molecule has 1 rings (SSSR count). The number of rotatable bonds is 6. The number of hydrogen-bond donors (Lipinski definition) is 3. The van der Waals surface area contributed by atoms with Gasteiger partial charge in [-0.2, -0.15) is 0 Å². The van der Waals surface area contributed by atoms with Crippen molar-refractivity contribution < 1.29 is 24.2 Å². The minimum Gasteiger partial charge on any atom is -0.480 e. The van der Waals surface area contributed by atoms with E-state index in [0.717, 1.165) is 5.56 Å². The van der Waals surface area contributed by atoms with Crippen LogP contribution in [0.3, 0.4) is 0 Å².